The first kappa shape index (κ1) is 18.2. The Labute approximate surface area is 174 Å². The van der Waals surface area contributed by atoms with Crippen LogP contribution in [0.1, 0.15) is 11.7 Å². The van der Waals surface area contributed by atoms with Crippen LogP contribution in [-0.2, 0) is 10.0 Å². The molecule has 1 atom stereocenters. The summed E-state index contributed by atoms with van der Waals surface area (Å²) in [6, 6.07) is 8.53. The van der Waals surface area contributed by atoms with Gasteiger partial charge in [-0.2, -0.15) is 8.42 Å². The van der Waals surface area contributed by atoms with Gasteiger partial charge in [-0.3, -0.25) is 9.12 Å². The molecule has 148 valence electrons. The highest BCUT2D eigenvalue weighted by atomic mass is 35.5. The number of nitrogens with two attached hydrogens (primary N) is 1. The van der Waals surface area contributed by atoms with Crippen LogP contribution in [0, 0.1) is 0 Å². The number of anilines is 2. The number of thiazole rings is 1. The van der Waals surface area contributed by atoms with Gasteiger partial charge in [0.25, 0.3) is 10.0 Å². The molecule has 0 fully saturated rings. The van der Waals surface area contributed by atoms with Crippen LogP contribution in [0.4, 0.5) is 17.3 Å². The number of halogens is 1. The van der Waals surface area contributed by atoms with Crippen molar-refractivity contribution in [3.05, 3.63) is 58.9 Å². The van der Waals surface area contributed by atoms with Crippen molar-refractivity contribution >= 4 is 61.5 Å². The zero-order valence-electron chi connectivity index (χ0n) is 14.6. The van der Waals surface area contributed by atoms with Crippen molar-refractivity contribution in [2.24, 2.45) is 10.7 Å². The molecule has 1 aliphatic heterocycles. The van der Waals surface area contributed by atoms with Gasteiger partial charge >= 0.3 is 0 Å². The van der Waals surface area contributed by atoms with Crippen molar-refractivity contribution in [2.45, 2.75) is 11.2 Å². The van der Waals surface area contributed by atoms with Crippen LogP contribution in [0.3, 0.4) is 0 Å². The topological polar surface area (TPSA) is 118 Å². The molecule has 1 aromatic carbocycles. The van der Waals surface area contributed by atoms with E-state index in [9.17, 15) is 8.42 Å². The van der Waals surface area contributed by atoms with E-state index in [0.29, 0.717) is 16.5 Å². The first-order chi connectivity index (χ1) is 13.9. The minimum absolute atomic E-state index is 0.0765. The Bertz CT molecular complexity index is 1340. The van der Waals surface area contributed by atoms with E-state index in [-0.39, 0.29) is 10.2 Å². The first-order valence-electron chi connectivity index (χ1n) is 8.33. The lowest BCUT2D eigenvalue weighted by atomic mass is 10.2. The number of aromatic nitrogens is 2. The number of aliphatic imine (C=N–C) groups is 1. The van der Waals surface area contributed by atoms with Gasteiger partial charge < -0.3 is 15.1 Å². The van der Waals surface area contributed by atoms with Gasteiger partial charge in [-0.05, 0) is 30.3 Å². The van der Waals surface area contributed by atoms with Crippen LogP contribution >= 0.6 is 22.9 Å². The smallest absolute Gasteiger partial charge is 0.281 e. The second kappa shape index (κ2) is 6.59. The fourth-order valence-electron chi connectivity index (χ4n) is 3.09. The zero-order valence-corrected chi connectivity index (χ0v) is 16.9. The Balaban J connectivity index is 1.41. The highest BCUT2D eigenvalue weighted by molar-refractivity contribution is 7.92. The highest BCUT2D eigenvalue weighted by Crippen LogP contribution is 2.34. The number of rotatable bonds is 4. The van der Waals surface area contributed by atoms with E-state index >= 15 is 0 Å². The summed E-state index contributed by atoms with van der Waals surface area (Å²) in [6.45, 7) is 0. The summed E-state index contributed by atoms with van der Waals surface area (Å²) >= 11 is 7.34. The summed E-state index contributed by atoms with van der Waals surface area (Å²) in [4.78, 5) is 10.6. The molecule has 0 bridgehead atoms. The minimum atomic E-state index is -3.93. The Kier molecular flexibility index (Phi) is 4.13. The van der Waals surface area contributed by atoms with Crippen molar-refractivity contribution in [3.63, 3.8) is 0 Å². The van der Waals surface area contributed by atoms with Gasteiger partial charge in [0.2, 0.25) is 5.88 Å². The number of furan rings is 1. The number of nitrogens with zero attached hydrogens (tertiary/aromatic N) is 4. The van der Waals surface area contributed by atoms with Crippen LogP contribution in [0.15, 0.2) is 62.6 Å². The van der Waals surface area contributed by atoms with Crippen LogP contribution in [0.25, 0.3) is 4.96 Å². The number of nitrogens with one attached hydrogen (secondary N) is 1. The maximum atomic E-state index is 12.8. The molecule has 3 aromatic heterocycles. The Morgan fingerprint density at radius 1 is 1.24 bits per heavy atom. The Hall–Kier alpha value is -2.86. The lowest BCUT2D eigenvalue weighted by molar-refractivity contribution is 0.567. The third kappa shape index (κ3) is 2.99. The lowest BCUT2D eigenvalue weighted by Gasteiger charge is -2.29. The molecule has 12 heteroatoms. The molecule has 0 saturated heterocycles. The van der Waals surface area contributed by atoms with E-state index in [1.165, 1.54) is 22.0 Å². The van der Waals surface area contributed by atoms with Gasteiger partial charge in [0.15, 0.2) is 15.1 Å². The third-order valence-corrected chi connectivity index (χ3v) is 6.98. The number of imidazole rings is 1. The normalized spacial score (nSPS) is 16.3. The molecule has 0 aliphatic carbocycles. The van der Waals surface area contributed by atoms with E-state index in [4.69, 9.17) is 21.8 Å². The molecule has 1 aliphatic rings. The molecule has 4 heterocycles. The number of hydrogen-bond acceptors (Lipinski definition) is 8. The summed E-state index contributed by atoms with van der Waals surface area (Å²) in [5.41, 5.74) is 8.17. The van der Waals surface area contributed by atoms with Crippen molar-refractivity contribution < 1.29 is 12.8 Å². The zero-order chi connectivity index (χ0) is 20.2. The van der Waals surface area contributed by atoms with Crippen molar-refractivity contribution in [2.75, 3.05) is 9.62 Å². The molecule has 5 rings (SSSR count). The van der Waals surface area contributed by atoms with Crippen LogP contribution in [-0.4, -0.2) is 24.1 Å². The molecular weight excluding hydrogens is 436 g/mol. The maximum Gasteiger partial charge on any atom is 0.281 e. The molecule has 0 amide bonds. The first-order valence-corrected chi connectivity index (χ1v) is 11.1. The van der Waals surface area contributed by atoms with Crippen LogP contribution in [0.2, 0.25) is 5.15 Å². The predicted octanol–water partition coefficient (Wildman–Crippen LogP) is 3.58. The quantitative estimate of drug-likeness (QED) is 0.492. The van der Waals surface area contributed by atoms with E-state index in [1.807, 2.05) is 0 Å². The van der Waals surface area contributed by atoms with Gasteiger partial charge in [-0.1, -0.05) is 11.6 Å². The largest absolute Gasteiger partial charge is 0.446 e. The van der Waals surface area contributed by atoms with Crippen molar-refractivity contribution in [1.29, 1.82) is 0 Å². The van der Waals surface area contributed by atoms with Crippen molar-refractivity contribution in [3.8, 4) is 0 Å². The fourth-order valence-corrected chi connectivity index (χ4v) is 5.60. The van der Waals surface area contributed by atoms with Crippen LogP contribution in [0.5, 0.6) is 0 Å². The summed E-state index contributed by atoms with van der Waals surface area (Å²) in [5.74, 6) is 0.482. The van der Waals surface area contributed by atoms with E-state index in [0.717, 1.165) is 11.3 Å². The SMILES string of the molecule is NC1c2ccoc2N=CN1c1ccc(NS(=O)(=O)c2c(Cl)nc3sccn23)cc1. The molecule has 9 nitrogen and oxygen atoms in total. The van der Waals surface area contributed by atoms with Gasteiger partial charge in [-0.25, -0.2) is 9.98 Å². The monoisotopic (exact) mass is 448 g/mol. The van der Waals surface area contributed by atoms with Gasteiger partial charge in [0.1, 0.15) is 12.5 Å². The average molecular weight is 449 g/mol. The molecule has 0 spiro atoms. The summed E-state index contributed by atoms with van der Waals surface area (Å²) in [6.07, 6.45) is 4.27. The molecule has 3 N–H and O–H groups in total. The Morgan fingerprint density at radius 2 is 2.03 bits per heavy atom. The van der Waals surface area contributed by atoms with Gasteiger partial charge in [0.05, 0.1) is 11.8 Å². The second-order valence-corrected chi connectivity index (χ2v) is 9.02. The number of hydrogen-bond donors (Lipinski definition) is 2. The number of fused-ring (bicyclic) bond motifs is 2. The van der Waals surface area contributed by atoms with Crippen LogP contribution < -0.4 is 15.4 Å². The molecule has 1 unspecified atom stereocenters. The predicted molar refractivity (Wildman–Crippen MR) is 112 cm³/mol. The standard InChI is InChI=1S/C17H13ClN6O3S2/c18-13-16(23-6-8-28-17(23)21-13)29(25,26)22-10-1-3-11(4-2-10)24-9-20-15-12(14(24)19)5-7-27-15/h1-9,14,22H,19H2. The van der Waals surface area contributed by atoms with E-state index < -0.39 is 16.2 Å². The molecule has 4 aromatic rings. The summed E-state index contributed by atoms with van der Waals surface area (Å²) in [7, 11) is -3.93. The lowest BCUT2D eigenvalue weighted by Crippen LogP contribution is -2.35. The summed E-state index contributed by atoms with van der Waals surface area (Å²) < 4.78 is 34.9. The Morgan fingerprint density at radius 3 is 2.83 bits per heavy atom. The van der Waals surface area contributed by atoms with Gasteiger partial charge in [-0.15, -0.1) is 11.3 Å². The number of sulfonamides is 1. The van der Waals surface area contributed by atoms with Gasteiger partial charge in [0, 0.05) is 23.0 Å². The molecule has 0 radical (unpaired) electrons. The third-order valence-electron chi connectivity index (χ3n) is 4.44. The average Bonchev–Trinajstić information content (AvgIpc) is 3.38. The van der Waals surface area contributed by atoms with E-state index in [1.54, 1.807) is 53.1 Å². The van der Waals surface area contributed by atoms with E-state index in [2.05, 4.69) is 14.7 Å². The fraction of sp³-hybridized carbons (Fsp3) is 0.0588. The van der Waals surface area contributed by atoms with Crippen molar-refractivity contribution in [1.82, 2.24) is 9.38 Å². The maximum absolute atomic E-state index is 12.8. The minimum Gasteiger partial charge on any atom is -0.446 e. The molecular formula is C17H13ClN6O3S2. The second-order valence-electron chi connectivity index (χ2n) is 6.19. The number of benzene rings is 1. The molecule has 29 heavy (non-hydrogen) atoms. The highest BCUT2D eigenvalue weighted by Gasteiger charge is 2.26. The molecule has 0 saturated carbocycles. The summed E-state index contributed by atoms with van der Waals surface area (Å²) in [5, 5.41) is 1.56.